The number of anilines is 1. The fourth-order valence-electron chi connectivity index (χ4n) is 2.23. The number of hydrogen-bond acceptors (Lipinski definition) is 6. The van der Waals surface area contributed by atoms with Gasteiger partial charge in [-0.15, -0.1) is 11.8 Å². The van der Waals surface area contributed by atoms with Crippen LogP contribution in [0.1, 0.15) is 15.9 Å². The molecule has 1 heterocycles. The molecular formula is C16H13N3O3S2. The van der Waals surface area contributed by atoms with Crippen molar-refractivity contribution >= 4 is 50.0 Å². The molecule has 0 radical (unpaired) electrons. The van der Waals surface area contributed by atoms with E-state index in [0.717, 1.165) is 15.8 Å². The molecule has 24 heavy (non-hydrogen) atoms. The monoisotopic (exact) mass is 359 g/mol. The lowest BCUT2D eigenvalue weighted by Crippen LogP contribution is -2.12. The first-order valence-corrected chi connectivity index (χ1v) is 9.03. The van der Waals surface area contributed by atoms with Crippen molar-refractivity contribution in [2.45, 2.75) is 11.8 Å². The number of aryl methyl sites for hydroxylation is 1. The molecule has 3 aromatic rings. The van der Waals surface area contributed by atoms with Crippen LogP contribution in [-0.2, 0) is 0 Å². The molecule has 122 valence electrons. The van der Waals surface area contributed by atoms with Crippen molar-refractivity contribution in [3.8, 4) is 0 Å². The lowest BCUT2D eigenvalue weighted by Gasteiger charge is -2.04. The largest absolute Gasteiger partial charge is 0.298 e. The maximum atomic E-state index is 12.4. The minimum Gasteiger partial charge on any atom is -0.298 e. The summed E-state index contributed by atoms with van der Waals surface area (Å²) in [6, 6.07) is 10.3. The van der Waals surface area contributed by atoms with Gasteiger partial charge in [0.05, 0.1) is 20.0 Å². The highest BCUT2D eigenvalue weighted by Gasteiger charge is 2.18. The van der Waals surface area contributed by atoms with E-state index in [-0.39, 0.29) is 11.3 Å². The van der Waals surface area contributed by atoms with Gasteiger partial charge in [-0.3, -0.25) is 20.2 Å². The van der Waals surface area contributed by atoms with Crippen molar-refractivity contribution < 1.29 is 9.72 Å². The van der Waals surface area contributed by atoms with Crippen LogP contribution in [0.3, 0.4) is 0 Å². The van der Waals surface area contributed by atoms with Crippen LogP contribution in [0.25, 0.3) is 10.2 Å². The summed E-state index contributed by atoms with van der Waals surface area (Å²) in [6.45, 7) is 1.99. The molecule has 1 amide bonds. The summed E-state index contributed by atoms with van der Waals surface area (Å²) in [5.74, 6) is -0.415. The maximum Gasteiger partial charge on any atom is 0.283 e. The Morgan fingerprint density at radius 1 is 1.29 bits per heavy atom. The first-order chi connectivity index (χ1) is 11.5. The van der Waals surface area contributed by atoms with Crippen LogP contribution in [-0.4, -0.2) is 22.1 Å². The zero-order chi connectivity index (χ0) is 17.3. The predicted molar refractivity (Wildman–Crippen MR) is 97.2 cm³/mol. The van der Waals surface area contributed by atoms with Gasteiger partial charge in [-0.25, -0.2) is 4.98 Å². The molecule has 0 unspecified atom stereocenters. The lowest BCUT2D eigenvalue weighted by atomic mass is 10.2. The average Bonchev–Trinajstić information content (AvgIpc) is 2.95. The molecule has 0 aliphatic heterocycles. The highest BCUT2D eigenvalue weighted by molar-refractivity contribution is 7.98. The summed E-state index contributed by atoms with van der Waals surface area (Å²) < 4.78 is 0.981. The third-order valence-electron chi connectivity index (χ3n) is 3.40. The van der Waals surface area contributed by atoms with E-state index in [2.05, 4.69) is 10.3 Å². The molecular weight excluding hydrogens is 346 g/mol. The number of fused-ring (bicyclic) bond motifs is 1. The van der Waals surface area contributed by atoms with Gasteiger partial charge in [-0.05, 0) is 43.0 Å². The highest BCUT2D eigenvalue weighted by atomic mass is 32.2. The fraction of sp³-hybridized carbons (Fsp3) is 0.125. The summed E-state index contributed by atoms with van der Waals surface area (Å²) in [6.07, 6.45) is 1.76. The molecule has 1 N–H and O–H groups in total. The molecule has 0 bridgehead atoms. The minimum absolute atomic E-state index is 0.0740. The first kappa shape index (κ1) is 16.4. The molecule has 3 rings (SSSR count). The van der Waals surface area contributed by atoms with Gasteiger partial charge < -0.3 is 0 Å². The smallest absolute Gasteiger partial charge is 0.283 e. The van der Waals surface area contributed by atoms with E-state index in [1.807, 2.05) is 25.1 Å². The molecule has 2 aromatic carbocycles. The van der Waals surface area contributed by atoms with Crippen LogP contribution in [0.2, 0.25) is 0 Å². The zero-order valence-corrected chi connectivity index (χ0v) is 14.5. The van der Waals surface area contributed by atoms with E-state index in [1.54, 1.807) is 18.4 Å². The van der Waals surface area contributed by atoms with Crippen molar-refractivity contribution in [2.24, 2.45) is 0 Å². The zero-order valence-electron chi connectivity index (χ0n) is 12.9. The number of amides is 1. The third kappa shape index (κ3) is 3.24. The second kappa shape index (κ2) is 6.58. The SMILES string of the molecule is CSc1ccc(C(=O)Nc2nc3ccc(C)cc3s2)cc1[N+](=O)[O-]. The van der Waals surface area contributed by atoms with E-state index in [4.69, 9.17) is 0 Å². The number of nitro benzene ring substituents is 1. The summed E-state index contributed by atoms with van der Waals surface area (Å²) in [5.41, 5.74) is 2.09. The van der Waals surface area contributed by atoms with Crippen molar-refractivity contribution in [1.82, 2.24) is 4.98 Å². The number of thiazole rings is 1. The van der Waals surface area contributed by atoms with E-state index in [1.165, 1.54) is 29.2 Å². The number of rotatable bonds is 4. The summed E-state index contributed by atoms with van der Waals surface area (Å²) >= 11 is 2.64. The number of thioether (sulfide) groups is 1. The number of aromatic nitrogens is 1. The van der Waals surface area contributed by atoms with Gasteiger partial charge in [0.1, 0.15) is 0 Å². The topological polar surface area (TPSA) is 85.1 Å². The average molecular weight is 359 g/mol. The van der Waals surface area contributed by atoms with Gasteiger partial charge in [0.15, 0.2) is 5.13 Å². The number of carbonyl (C=O) groups is 1. The van der Waals surface area contributed by atoms with Crippen molar-refractivity contribution in [1.29, 1.82) is 0 Å². The Hall–Kier alpha value is -2.45. The van der Waals surface area contributed by atoms with Gasteiger partial charge in [0.25, 0.3) is 11.6 Å². The van der Waals surface area contributed by atoms with E-state index in [9.17, 15) is 14.9 Å². The molecule has 0 atom stereocenters. The van der Waals surface area contributed by atoms with Crippen molar-refractivity contribution in [3.05, 3.63) is 57.6 Å². The highest BCUT2D eigenvalue weighted by Crippen LogP contribution is 2.30. The number of carbonyl (C=O) groups excluding carboxylic acids is 1. The van der Waals surface area contributed by atoms with Crippen LogP contribution in [0, 0.1) is 17.0 Å². The third-order valence-corrected chi connectivity index (χ3v) is 5.12. The van der Waals surface area contributed by atoms with Gasteiger partial charge in [0, 0.05) is 11.6 Å². The Labute approximate surface area is 146 Å². The Morgan fingerprint density at radius 3 is 2.79 bits per heavy atom. The molecule has 0 spiro atoms. The predicted octanol–water partition coefficient (Wildman–Crippen LogP) is 4.49. The summed E-state index contributed by atoms with van der Waals surface area (Å²) in [4.78, 5) is 27.9. The standard InChI is InChI=1S/C16H13N3O3S2/c1-9-3-5-11-14(7-9)24-16(17-11)18-15(20)10-4-6-13(23-2)12(8-10)19(21)22/h3-8H,1-2H3,(H,17,18,20). The minimum atomic E-state index is -0.483. The number of nitrogens with zero attached hydrogens (tertiary/aromatic N) is 2. The molecule has 8 heteroatoms. The molecule has 0 aliphatic carbocycles. The Balaban J connectivity index is 1.88. The fourth-order valence-corrected chi connectivity index (χ4v) is 3.73. The van der Waals surface area contributed by atoms with Gasteiger partial charge >= 0.3 is 0 Å². The molecule has 0 saturated carbocycles. The molecule has 1 aromatic heterocycles. The number of hydrogen-bond donors (Lipinski definition) is 1. The van der Waals surface area contributed by atoms with E-state index in [0.29, 0.717) is 10.0 Å². The van der Waals surface area contributed by atoms with Crippen LogP contribution >= 0.6 is 23.1 Å². The van der Waals surface area contributed by atoms with Gasteiger partial charge in [-0.2, -0.15) is 0 Å². The Kier molecular flexibility index (Phi) is 4.50. The van der Waals surface area contributed by atoms with Crippen LogP contribution < -0.4 is 5.32 Å². The van der Waals surface area contributed by atoms with Gasteiger partial charge in [-0.1, -0.05) is 17.4 Å². The molecule has 0 aliphatic rings. The quantitative estimate of drug-likeness (QED) is 0.421. The molecule has 0 saturated heterocycles. The number of nitrogens with one attached hydrogen (secondary N) is 1. The van der Waals surface area contributed by atoms with Crippen LogP contribution in [0.4, 0.5) is 10.8 Å². The summed E-state index contributed by atoms with van der Waals surface area (Å²) in [5, 5.41) is 14.3. The Bertz CT molecular complexity index is 953. The second-order valence-corrected chi connectivity index (χ2v) is 6.97. The number of nitro groups is 1. The lowest BCUT2D eigenvalue weighted by molar-refractivity contribution is -0.387. The Morgan fingerprint density at radius 2 is 2.08 bits per heavy atom. The normalized spacial score (nSPS) is 10.8. The second-order valence-electron chi connectivity index (χ2n) is 5.09. The molecule has 0 fully saturated rings. The van der Waals surface area contributed by atoms with E-state index >= 15 is 0 Å². The summed E-state index contributed by atoms with van der Waals surface area (Å²) in [7, 11) is 0. The van der Waals surface area contributed by atoms with Crippen LogP contribution in [0.15, 0.2) is 41.3 Å². The van der Waals surface area contributed by atoms with Crippen molar-refractivity contribution in [3.63, 3.8) is 0 Å². The number of benzene rings is 2. The van der Waals surface area contributed by atoms with Crippen molar-refractivity contribution in [2.75, 3.05) is 11.6 Å². The first-order valence-electron chi connectivity index (χ1n) is 6.99. The van der Waals surface area contributed by atoms with Gasteiger partial charge in [0.2, 0.25) is 0 Å². The maximum absolute atomic E-state index is 12.4. The van der Waals surface area contributed by atoms with Crippen LogP contribution in [0.5, 0.6) is 0 Å². The molecule has 6 nitrogen and oxygen atoms in total. The van der Waals surface area contributed by atoms with E-state index < -0.39 is 10.8 Å².